The zero-order valence-corrected chi connectivity index (χ0v) is 8.93. The molecule has 17 heavy (non-hydrogen) atoms. The summed E-state index contributed by atoms with van der Waals surface area (Å²) in [6.45, 7) is 0. The lowest BCUT2D eigenvalue weighted by atomic mass is 9.99. The van der Waals surface area contributed by atoms with Crippen molar-refractivity contribution in [3.63, 3.8) is 0 Å². The largest absolute Gasteiger partial charge is 0.506 e. The third-order valence-corrected chi connectivity index (χ3v) is 2.25. The molecule has 0 saturated carbocycles. The Bertz CT molecular complexity index is 505. The normalized spacial score (nSPS) is 11.0. The molecule has 7 heteroatoms. The number of hydrogen-bond acceptors (Lipinski definition) is 3. The molecule has 0 unspecified atom stereocenters. The Balaban J connectivity index is 3.60. The van der Waals surface area contributed by atoms with E-state index in [-0.39, 0.29) is 0 Å². The molecule has 0 aliphatic heterocycles. The number of phenolic OH excluding ortho intramolecular Hbond substituents is 1. The second-order valence-electron chi connectivity index (χ2n) is 3.05. The van der Waals surface area contributed by atoms with Crippen LogP contribution in [0.2, 0.25) is 0 Å². The van der Waals surface area contributed by atoms with Crippen molar-refractivity contribution in [1.29, 1.82) is 5.26 Å². The highest BCUT2D eigenvalue weighted by Gasteiger charge is 2.39. The lowest BCUT2D eigenvalue weighted by Crippen LogP contribution is -2.14. The Morgan fingerprint density at radius 1 is 1.47 bits per heavy atom. The first kappa shape index (κ1) is 13.3. The van der Waals surface area contributed by atoms with Crippen LogP contribution in [0.4, 0.5) is 13.2 Å². The van der Waals surface area contributed by atoms with E-state index in [1.807, 2.05) is 0 Å². The number of halogens is 4. The van der Waals surface area contributed by atoms with Crippen molar-refractivity contribution in [2.75, 3.05) is 5.88 Å². The highest BCUT2D eigenvalue weighted by Crippen LogP contribution is 2.40. The minimum Gasteiger partial charge on any atom is -0.506 e. The second-order valence-corrected chi connectivity index (χ2v) is 3.32. The molecule has 90 valence electrons. The van der Waals surface area contributed by atoms with Gasteiger partial charge in [0.25, 0.3) is 0 Å². The highest BCUT2D eigenvalue weighted by molar-refractivity contribution is 6.30. The van der Waals surface area contributed by atoms with Crippen molar-refractivity contribution in [2.45, 2.75) is 6.18 Å². The van der Waals surface area contributed by atoms with Crippen LogP contribution >= 0.6 is 11.6 Å². The van der Waals surface area contributed by atoms with E-state index < -0.39 is 40.3 Å². The Morgan fingerprint density at radius 3 is 2.47 bits per heavy atom. The molecular formula is C10H5ClF3NO2. The van der Waals surface area contributed by atoms with Gasteiger partial charge in [-0.05, 0) is 12.1 Å². The summed E-state index contributed by atoms with van der Waals surface area (Å²) in [6.07, 6.45) is -4.94. The molecule has 0 amide bonds. The quantitative estimate of drug-likeness (QED) is 0.659. The summed E-state index contributed by atoms with van der Waals surface area (Å²) < 4.78 is 38.0. The van der Waals surface area contributed by atoms with Gasteiger partial charge in [0.05, 0.1) is 11.4 Å². The van der Waals surface area contributed by atoms with Crippen LogP contribution in [0.1, 0.15) is 21.5 Å². The van der Waals surface area contributed by atoms with Crippen molar-refractivity contribution >= 4 is 17.4 Å². The summed E-state index contributed by atoms with van der Waals surface area (Å²) in [4.78, 5) is 11.2. The molecule has 0 fully saturated rings. The van der Waals surface area contributed by atoms with Crippen molar-refractivity contribution in [3.8, 4) is 11.8 Å². The van der Waals surface area contributed by atoms with E-state index in [1.54, 1.807) is 0 Å². The molecule has 1 N–H and O–H groups in total. The molecule has 0 atom stereocenters. The van der Waals surface area contributed by atoms with Gasteiger partial charge < -0.3 is 5.11 Å². The number of hydrogen-bond donors (Lipinski definition) is 1. The summed E-state index contributed by atoms with van der Waals surface area (Å²) >= 11 is 5.17. The maximum Gasteiger partial charge on any atom is 0.420 e. The van der Waals surface area contributed by atoms with Crippen LogP contribution in [0.5, 0.6) is 5.75 Å². The predicted molar refractivity (Wildman–Crippen MR) is 52.9 cm³/mol. The van der Waals surface area contributed by atoms with Crippen LogP contribution in [0.3, 0.4) is 0 Å². The first-order valence-corrected chi connectivity index (χ1v) is 4.78. The van der Waals surface area contributed by atoms with E-state index >= 15 is 0 Å². The van der Waals surface area contributed by atoms with Gasteiger partial charge in [0.15, 0.2) is 5.78 Å². The van der Waals surface area contributed by atoms with E-state index in [1.165, 1.54) is 6.07 Å². The van der Waals surface area contributed by atoms with E-state index in [4.69, 9.17) is 16.9 Å². The Kier molecular flexibility index (Phi) is 3.63. The fourth-order valence-electron chi connectivity index (χ4n) is 1.27. The Labute approximate surface area is 99.0 Å². The second kappa shape index (κ2) is 4.63. The van der Waals surface area contributed by atoms with Gasteiger partial charge in [-0.2, -0.15) is 18.4 Å². The summed E-state index contributed by atoms with van der Waals surface area (Å²) in [5.41, 5.74) is -2.82. The first-order chi connectivity index (χ1) is 7.82. The number of rotatable bonds is 2. The molecule has 0 bridgehead atoms. The number of carbonyl (C=O) groups is 1. The van der Waals surface area contributed by atoms with E-state index in [0.29, 0.717) is 0 Å². The van der Waals surface area contributed by atoms with Crippen LogP contribution in [-0.4, -0.2) is 16.8 Å². The summed E-state index contributed by atoms with van der Waals surface area (Å²) in [5.74, 6) is -2.87. The molecule has 0 heterocycles. The maximum atomic E-state index is 12.7. The average Bonchev–Trinajstić information content (AvgIpc) is 2.25. The summed E-state index contributed by atoms with van der Waals surface area (Å²) in [6, 6.07) is 3.16. The van der Waals surface area contributed by atoms with E-state index in [9.17, 15) is 23.1 Å². The molecule has 0 radical (unpaired) electrons. The zero-order chi connectivity index (χ0) is 13.2. The number of phenols is 1. The first-order valence-electron chi connectivity index (χ1n) is 4.25. The number of Topliss-reactive ketones (excluding diaryl/α,β-unsaturated/α-hetero) is 1. The molecular weight excluding hydrogens is 259 g/mol. The van der Waals surface area contributed by atoms with E-state index in [2.05, 4.69) is 0 Å². The van der Waals surface area contributed by atoms with Gasteiger partial charge in [-0.1, -0.05) is 0 Å². The Hall–Kier alpha value is -1.74. The van der Waals surface area contributed by atoms with Crippen LogP contribution < -0.4 is 0 Å². The third kappa shape index (κ3) is 2.50. The lowest BCUT2D eigenvalue weighted by Gasteiger charge is -2.13. The Morgan fingerprint density at radius 2 is 2.06 bits per heavy atom. The van der Waals surface area contributed by atoms with Crippen molar-refractivity contribution in [3.05, 3.63) is 28.8 Å². The molecule has 0 aromatic heterocycles. The minimum absolute atomic E-state index is 0.552. The molecule has 3 nitrogen and oxygen atoms in total. The molecule has 0 spiro atoms. The SMILES string of the molecule is N#Cc1ccc(C(=O)CCl)c(C(F)(F)F)c1O. The number of aromatic hydroxyl groups is 1. The van der Waals surface area contributed by atoms with E-state index in [0.717, 1.165) is 12.1 Å². The molecule has 1 aromatic carbocycles. The van der Waals surface area contributed by atoms with Gasteiger partial charge in [0, 0.05) is 5.56 Å². The topological polar surface area (TPSA) is 61.1 Å². The number of benzene rings is 1. The summed E-state index contributed by atoms with van der Waals surface area (Å²) in [7, 11) is 0. The molecule has 0 saturated heterocycles. The van der Waals surface area contributed by atoms with Gasteiger partial charge >= 0.3 is 6.18 Å². The predicted octanol–water partition coefficient (Wildman–Crippen LogP) is 2.70. The fraction of sp³-hybridized carbons (Fsp3) is 0.200. The molecule has 1 rings (SSSR count). The van der Waals surface area contributed by atoms with Crippen LogP contribution in [0.15, 0.2) is 12.1 Å². The van der Waals surface area contributed by atoms with Gasteiger partial charge in [0.2, 0.25) is 0 Å². The molecule has 0 aliphatic rings. The lowest BCUT2D eigenvalue weighted by molar-refractivity contribution is -0.139. The zero-order valence-electron chi connectivity index (χ0n) is 8.18. The number of alkyl halides is 4. The minimum atomic E-state index is -4.94. The number of nitrogens with zero attached hydrogens (tertiary/aromatic N) is 1. The van der Waals surface area contributed by atoms with Gasteiger partial charge in [-0.15, -0.1) is 11.6 Å². The number of nitriles is 1. The van der Waals surface area contributed by atoms with Crippen LogP contribution in [0.25, 0.3) is 0 Å². The van der Waals surface area contributed by atoms with Gasteiger partial charge in [-0.25, -0.2) is 0 Å². The number of carbonyl (C=O) groups excluding carboxylic acids is 1. The average molecular weight is 264 g/mol. The molecule has 0 aliphatic carbocycles. The fourth-order valence-corrected chi connectivity index (χ4v) is 1.42. The maximum absolute atomic E-state index is 12.7. The third-order valence-electron chi connectivity index (χ3n) is 2.00. The van der Waals surface area contributed by atoms with Crippen LogP contribution in [-0.2, 0) is 6.18 Å². The van der Waals surface area contributed by atoms with Crippen molar-refractivity contribution in [2.24, 2.45) is 0 Å². The standard InChI is InChI=1S/C10H5ClF3NO2/c11-3-7(16)6-2-1-5(4-15)9(17)8(6)10(12,13)14/h1-2,17H,3H2. The van der Waals surface area contributed by atoms with Gasteiger partial charge in [0.1, 0.15) is 17.4 Å². The number of ketones is 1. The van der Waals surface area contributed by atoms with Crippen molar-refractivity contribution in [1.82, 2.24) is 0 Å². The monoisotopic (exact) mass is 263 g/mol. The summed E-state index contributed by atoms with van der Waals surface area (Å²) in [5, 5.41) is 17.8. The van der Waals surface area contributed by atoms with Gasteiger partial charge in [-0.3, -0.25) is 4.79 Å². The highest BCUT2D eigenvalue weighted by atomic mass is 35.5. The van der Waals surface area contributed by atoms with Crippen LogP contribution in [0, 0.1) is 11.3 Å². The smallest absolute Gasteiger partial charge is 0.420 e. The molecule has 1 aromatic rings. The van der Waals surface area contributed by atoms with Crippen molar-refractivity contribution < 1.29 is 23.1 Å².